The summed E-state index contributed by atoms with van der Waals surface area (Å²) in [5, 5.41) is 9.74. The van der Waals surface area contributed by atoms with Gasteiger partial charge in [-0.15, -0.1) is 24.0 Å². The number of para-hydroxylation sites is 1. The molecule has 1 fully saturated rings. The van der Waals surface area contributed by atoms with Crippen LogP contribution in [0, 0.1) is 0 Å². The maximum Gasteiger partial charge on any atom is 0.225 e. The summed E-state index contributed by atoms with van der Waals surface area (Å²) in [6.45, 7) is 8.94. The van der Waals surface area contributed by atoms with E-state index in [9.17, 15) is 4.79 Å². The Hall–Kier alpha value is -1.35. The Balaban J connectivity index is 0.00000261. The Kier molecular flexibility index (Phi) is 8.82. The van der Waals surface area contributed by atoms with Crippen LogP contribution in [-0.2, 0) is 4.79 Å². The predicted octanol–water partition coefficient (Wildman–Crippen LogP) is 2.77. The molecule has 0 bridgehead atoms. The summed E-state index contributed by atoms with van der Waals surface area (Å²) in [5.41, 5.74) is 2.13. The summed E-state index contributed by atoms with van der Waals surface area (Å²) < 4.78 is 0. The van der Waals surface area contributed by atoms with Gasteiger partial charge >= 0.3 is 0 Å². The van der Waals surface area contributed by atoms with Crippen LogP contribution in [0.15, 0.2) is 29.3 Å². The van der Waals surface area contributed by atoms with Crippen LogP contribution >= 0.6 is 24.0 Å². The lowest BCUT2D eigenvalue weighted by atomic mass is 9.90. The number of aliphatic imine (C=N–C) groups is 1. The van der Waals surface area contributed by atoms with Crippen LogP contribution in [0.25, 0.3) is 0 Å². The fourth-order valence-electron chi connectivity index (χ4n) is 3.96. The monoisotopic (exact) mass is 485 g/mol. The highest BCUT2D eigenvalue weighted by Crippen LogP contribution is 2.31. The molecule has 3 N–H and O–H groups in total. The first-order valence-electron chi connectivity index (χ1n) is 9.86. The van der Waals surface area contributed by atoms with Gasteiger partial charge in [0.15, 0.2) is 5.96 Å². The van der Waals surface area contributed by atoms with Crippen molar-refractivity contribution in [2.45, 2.75) is 45.1 Å². The Morgan fingerprint density at radius 2 is 2.11 bits per heavy atom. The van der Waals surface area contributed by atoms with Gasteiger partial charge < -0.3 is 16.0 Å². The third kappa shape index (κ3) is 5.81. The Morgan fingerprint density at radius 1 is 1.30 bits per heavy atom. The highest BCUT2D eigenvalue weighted by atomic mass is 127. The minimum Gasteiger partial charge on any atom is -0.357 e. The quantitative estimate of drug-likeness (QED) is 0.330. The Morgan fingerprint density at radius 3 is 2.89 bits per heavy atom. The number of nitrogens with one attached hydrogen (secondary N) is 3. The van der Waals surface area contributed by atoms with E-state index < -0.39 is 0 Å². The molecule has 1 amide bonds. The van der Waals surface area contributed by atoms with Gasteiger partial charge in [-0.3, -0.25) is 14.7 Å². The first-order valence-corrected chi connectivity index (χ1v) is 9.86. The molecule has 0 aliphatic carbocycles. The molecule has 7 heteroatoms. The minimum absolute atomic E-state index is 0. The van der Waals surface area contributed by atoms with Gasteiger partial charge in [-0.1, -0.05) is 25.1 Å². The fraction of sp³-hybridized carbons (Fsp3) is 0.600. The average molecular weight is 485 g/mol. The predicted molar refractivity (Wildman–Crippen MR) is 122 cm³/mol. The van der Waals surface area contributed by atoms with Gasteiger partial charge in [0.05, 0.1) is 6.54 Å². The van der Waals surface area contributed by atoms with Crippen molar-refractivity contribution in [3.63, 3.8) is 0 Å². The van der Waals surface area contributed by atoms with Crippen molar-refractivity contribution >= 4 is 41.5 Å². The molecule has 2 atom stereocenters. The number of nitrogens with zero attached hydrogens (tertiary/aromatic N) is 2. The lowest BCUT2D eigenvalue weighted by Crippen LogP contribution is -2.41. The van der Waals surface area contributed by atoms with Crippen LogP contribution in [0.2, 0.25) is 0 Å². The van der Waals surface area contributed by atoms with Gasteiger partial charge in [0.1, 0.15) is 0 Å². The van der Waals surface area contributed by atoms with E-state index in [1.54, 1.807) is 0 Å². The first-order chi connectivity index (χ1) is 12.7. The van der Waals surface area contributed by atoms with Gasteiger partial charge in [-0.2, -0.15) is 0 Å². The zero-order valence-electron chi connectivity index (χ0n) is 16.3. The molecule has 2 aliphatic rings. The number of hydrogen-bond donors (Lipinski definition) is 3. The molecule has 2 unspecified atom stereocenters. The molecule has 150 valence electrons. The number of amides is 1. The van der Waals surface area contributed by atoms with Crippen LogP contribution in [0.1, 0.15) is 44.6 Å². The van der Waals surface area contributed by atoms with E-state index in [1.165, 1.54) is 24.9 Å². The smallest absolute Gasteiger partial charge is 0.225 e. The summed E-state index contributed by atoms with van der Waals surface area (Å²) in [4.78, 5) is 19.3. The summed E-state index contributed by atoms with van der Waals surface area (Å²) in [6, 6.07) is 8.61. The van der Waals surface area contributed by atoms with E-state index >= 15 is 0 Å². The second kappa shape index (κ2) is 10.8. The molecule has 2 heterocycles. The van der Waals surface area contributed by atoms with Gasteiger partial charge in [0, 0.05) is 37.2 Å². The number of halogens is 1. The molecule has 1 aromatic carbocycles. The number of likely N-dealkylation sites (tertiary alicyclic amines) is 1. The zero-order chi connectivity index (χ0) is 18.4. The molecule has 0 saturated carbocycles. The Labute approximate surface area is 179 Å². The van der Waals surface area contributed by atoms with E-state index in [1.807, 2.05) is 18.2 Å². The molecule has 6 nitrogen and oxygen atoms in total. The number of carbonyl (C=O) groups is 1. The summed E-state index contributed by atoms with van der Waals surface area (Å²) >= 11 is 0. The molecule has 0 radical (unpaired) electrons. The number of anilines is 1. The number of guanidine groups is 1. The molecular formula is C20H32IN5O. The number of fused-ring (bicyclic) bond motifs is 1. The normalized spacial score (nSPS) is 22.6. The Bertz CT molecular complexity index is 651. The average Bonchev–Trinajstić information content (AvgIpc) is 3.11. The van der Waals surface area contributed by atoms with Crippen molar-refractivity contribution in [2.24, 2.45) is 4.99 Å². The van der Waals surface area contributed by atoms with E-state index in [0.29, 0.717) is 19.0 Å². The summed E-state index contributed by atoms with van der Waals surface area (Å²) in [6.07, 6.45) is 3.01. The highest BCUT2D eigenvalue weighted by Gasteiger charge is 2.25. The second-order valence-corrected chi connectivity index (χ2v) is 7.06. The van der Waals surface area contributed by atoms with E-state index in [0.717, 1.165) is 31.3 Å². The van der Waals surface area contributed by atoms with Gasteiger partial charge in [-0.05, 0) is 44.5 Å². The van der Waals surface area contributed by atoms with Gasteiger partial charge in [0.25, 0.3) is 0 Å². The zero-order valence-corrected chi connectivity index (χ0v) is 18.7. The molecule has 27 heavy (non-hydrogen) atoms. The highest BCUT2D eigenvalue weighted by molar-refractivity contribution is 14.0. The number of benzene rings is 1. The summed E-state index contributed by atoms with van der Waals surface area (Å²) in [5.74, 6) is 1.10. The standard InChI is InChI=1S/C20H31N5O.HI/c1-3-21-20(23-14-16-8-7-11-25(16)4-2)22-13-15-12-19(26)24-18-10-6-5-9-17(15)18;/h5-6,9-10,15-16H,3-4,7-8,11-14H2,1-2H3,(H,24,26)(H2,21,22,23);1H. The molecule has 2 aliphatic heterocycles. The lowest BCUT2D eigenvalue weighted by Gasteiger charge is -2.26. The molecule has 0 aromatic heterocycles. The van der Waals surface area contributed by atoms with Gasteiger partial charge in [0.2, 0.25) is 5.91 Å². The molecule has 1 aromatic rings. The number of rotatable bonds is 6. The SMILES string of the molecule is CCNC(=NCC1CCCN1CC)NCC1CC(=O)Nc2ccccc21.I. The van der Waals surface area contributed by atoms with E-state index in [2.05, 4.69) is 40.8 Å². The number of carbonyl (C=O) groups excluding carboxylic acids is 1. The molecule has 0 spiro atoms. The van der Waals surface area contributed by atoms with Crippen molar-refractivity contribution in [1.82, 2.24) is 15.5 Å². The largest absolute Gasteiger partial charge is 0.357 e. The van der Waals surface area contributed by atoms with Crippen molar-refractivity contribution in [3.05, 3.63) is 29.8 Å². The number of hydrogen-bond acceptors (Lipinski definition) is 3. The molecule has 3 rings (SSSR count). The third-order valence-electron chi connectivity index (χ3n) is 5.33. The van der Waals surface area contributed by atoms with Crippen molar-refractivity contribution in [3.8, 4) is 0 Å². The minimum atomic E-state index is 0. The molecular weight excluding hydrogens is 453 g/mol. The van der Waals surface area contributed by atoms with Crippen molar-refractivity contribution in [2.75, 3.05) is 38.0 Å². The van der Waals surface area contributed by atoms with E-state index in [4.69, 9.17) is 4.99 Å². The lowest BCUT2D eigenvalue weighted by molar-refractivity contribution is -0.116. The van der Waals surface area contributed by atoms with Crippen LogP contribution < -0.4 is 16.0 Å². The van der Waals surface area contributed by atoms with Crippen LogP contribution in [0.5, 0.6) is 0 Å². The van der Waals surface area contributed by atoms with Crippen LogP contribution in [0.3, 0.4) is 0 Å². The second-order valence-electron chi connectivity index (χ2n) is 7.06. The van der Waals surface area contributed by atoms with Crippen molar-refractivity contribution < 1.29 is 4.79 Å². The van der Waals surface area contributed by atoms with E-state index in [-0.39, 0.29) is 35.8 Å². The third-order valence-corrected chi connectivity index (χ3v) is 5.33. The maximum atomic E-state index is 12.0. The summed E-state index contributed by atoms with van der Waals surface area (Å²) in [7, 11) is 0. The fourth-order valence-corrected chi connectivity index (χ4v) is 3.96. The van der Waals surface area contributed by atoms with Crippen LogP contribution in [-0.4, -0.2) is 55.5 Å². The first kappa shape index (κ1) is 21.9. The molecule has 1 saturated heterocycles. The van der Waals surface area contributed by atoms with Crippen LogP contribution in [0.4, 0.5) is 5.69 Å². The number of likely N-dealkylation sites (N-methyl/N-ethyl adjacent to an activating group) is 1. The maximum absolute atomic E-state index is 12.0. The van der Waals surface area contributed by atoms with Crippen molar-refractivity contribution in [1.29, 1.82) is 0 Å². The van der Waals surface area contributed by atoms with Gasteiger partial charge in [-0.25, -0.2) is 0 Å². The topological polar surface area (TPSA) is 68.8 Å².